The van der Waals surface area contributed by atoms with Crippen LogP contribution in [0, 0.1) is 11.3 Å². The number of carbonyl (C=O) groups excluding carboxylic acids is 1. The Kier molecular flexibility index (Phi) is 8.26. The molecule has 0 aliphatic carbocycles. The molecule has 0 atom stereocenters. The molecule has 5 nitrogen and oxygen atoms in total. The predicted molar refractivity (Wildman–Crippen MR) is 135 cm³/mol. The first-order chi connectivity index (χ1) is 16.4. The van der Waals surface area contributed by atoms with E-state index in [1.54, 1.807) is 68.8 Å². The summed E-state index contributed by atoms with van der Waals surface area (Å²) >= 11 is 0. The molecule has 0 spiro atoms. The third kappa shape index (κ3) is 6.36. The fourth-order valence-corrected chi connectivity index (χ4v) is 3.29. The minimum absolute atomic E-state index is 0.423. The molecule has 0 aliphatic heterocycles. The number of allylic oxidation sites excluding steroid dienone is 1. The summed E-state index contributed by atoms with van der Waals surface area (Å²) in [4.78, 5) is 12.2. The Labute approximate surface area is 200 Å². The zero-order chi connectivity index (χ0) is 24.5. The number of ether oxygens (including phenoxy) is 3. The predicted octanol–water partition coefficient (Wildman–Crippen LogP) is 6.51. The first kappa shape index (κ1) is 24.3. The van der Waals surface area contributed by atoms with Crippen LogP contribution in [0.2, 0.25) is 0 Å². The fourth-order valence-electron chi connectivity index (χ4n) is 3.29. The third-order valence-corrected chi connectivity index (χ3v) is 5.24. The molecule has 172 valence electrons. The van der Waals surface area contributed by atoms with E-state index in [1.165, 1.54) is 11.6 Å². The topological polar surface area (TPSA) is 68.5 Å². The summed E-state index contributed by atoms with van der Waals surface area (Å²) in [5.41, 5.74) is 4.16. The minimum Gasteiger partial charge on any atom is -0.493 e. The minimum atomic E-state index is -0.459. The van der Waals surface area contributed by atoms with Crippen molar-refractivity contribution in [2.45, 2.75) is 19.8 Å². The highest BCUT2D eigenvalue weighted by Gasteiger charge is 2.08. The van der Waals surface area contributed by atoms with Crippen LogP contribution in [0.15, 0.2) is 72.8 Å². The Balaban J connectivity index is 1.67. The zero-order valence-electron chi connectivity index (χ0n) is 19.7. The Morgan fingerprint density at radius 1 is 0.882 bits per heavy atom. The van der Waals surface area contributed by atoms with Gasteiger partial charge in [0.1, 0.15) is 5.75 Å². The molecule has 0 aliphatic rings. The molecule has 3 rings (SSSR count). The average Bonchev–Trinajstić information content (AvgIpc) is 2.86. The van der Waals surface area contributed by atoms with E-state index < -0.39 is 5.97 Å². The Morgan fingerprint density at radius 3 is 2.12 bits per heavy atom. The highest BCUT2D eigenvalue weighted by atomic mass is 16.5. The van der Waals surface area contributed by atoms with Gasteiger partial charge in [-0.3, -0.25) is 0 Å². The van der Waals surface area contributed by atoms with Crippen LogP contribution < -0.4 is 14.2 Å². The molecule has 0 unspecified atom stereocenters. The van der Waals surface area contributed by atoms with Crippen LogP contribution in [0.3, 0.4) is 0 Å². The first-order valence-electron chi connectivity index (χ1n) is 10.9. The number of nitrogens with zero attached hydrogens (tertiary/aromatic N) is 1. The van der Waals surface area contributed by atoms with Crippen molar-refractivity contribution >= 4 is 23.7 Å². The van der Waals surface area contributed by atoms with Gasteiger partial charge in [0.25, 0.3) is 0 Å². The number of methoxy groups -OCH3 is 2. The number of hydrogen-bond donors (Lipinski definition) is 0. The van der Waals surface area contributed by atoms with Crippen molar-refractivity contribution in [3.05, 3.63) is 95.1 Å². The van der Waals surface area contributed by atoms with Gasteiger partial charge in [-0.15, -0.1) is 0 Å². The Hall–Kier alpha value is -4.30. The summed E-state index contributed by atoms with van der Waals surface area (Å²) < 4.78 is 16.0. The van der Waals surface area contributed by atoms with Gasteiger partial charge in [0, 0.05) is 6.08 Å². The van der Waals surface area contributed by atoms with Crippen molar-refractivity contribution in [2.24, 2.45) is 0 Å². The second-order valence-corrected chi connectivity index (χ2v) is 7.88. The van der Waals surface area contributed by atoms with E-state index in [1.807, 2.05) is 12.1 Å². The summed E-state index contributed by atoms with van der Waals surface area (Å²) in [5, 5.41) is 9.63. The third-order valence-electron chi connectivity index (χ3n) is 5.24. The number of carbonyl (C=O) groups is 1. The van der Waals surface area contributed by atoms with Crippen molar-refractivity contribution < 1.29 is 19.0 Å². The van der Waals surface area contributed by atoms with E-state index in [0.29, 0.717) is 34.3 Å². The summed E-state index contributed by atoms with van der Waals surface area (Å²) in [6, 6.07) is 22.6. The lowest BCUT2D eigenvalue weighted by Crippen LogP contribution is -2.03. The standard InChI is InChI=1S/C29H27NO4/c1-20(2)23-10-5-21(6-11-23)9-16-29(31)34-26-13-7-22(8-14-26)17-25(19-30)24-12-15-27(32-3)28(18-24)33-4/h5-18,20H,1-4H3/b16-9+,25-17-. The largest absolute Gasteiger partial charge is 0.493 e. The highest BCUT2D eigenvalue weighted by molar-refractivity contribution is 5.91. The maximum atomic E-state index is 12.2. The van der Waals surface area contributed by atoms with Crippen LogP contribution in [0.4, 0.5) is 0 Å². The van der Waals surface area contributed by atoms with Crippen molar-refractivity contribution in [3.8, 4) is 23.3 Å². The smallest absolute Gasteiger partial charge is 0.336 e. The molecular weight excluding hydrogens is 426 g/mol. The van der Waals surface area contributed by atoms with Gasteiger partial charge in [-0.05, 0) is 70.7 Å². The molecule has 0 bridgehead atoms. The Morgan fingerprint density at radius 2 is 1.53 bits per heavy atom. The number of hydrogen-bond acceptors (Lipinski definition) is 5. The van der Waals surface area contributed by atoms with Gasteiger partial charge >= 0.3 is 5.97 Å². The van der Waals surface area contributed by atoms with Crippen LogP contribution in [-0.2, 0) is 4.79 Å². The molecule has 0 N–H and O–H groups in total. The molecule has 0 saturated carbocycles. The Bertz CT molecular complexity index is 1230. The summed E-state index contributed by atoms with van der Waals surface area (Å²) in [6.07, 6.45) is 4.89. The van der Waals surface area contributed by atoms with Crippen molar-refractivity contribution in [2.75, 3.05) is 14.2 Å². The van der Waals surface area contributed by atoms with Gasteiger partial charge in [-0.25, -0.2) is 4.79 Å². The molecule has 34 heavy (non-hydrogen) atoms. The fraction of sp³-hybridized carbons (Fsp3) is 0.172. The number of esters is 1. The summed E-state index contributed by atoms with van der Waals surface area (Å²) in [5.74, 6) is 1.57. The summed E-state index contributed by atoms with van der Waals surface area (Å²) in [6.45, 7) is 4.28. The quantitative estimate of drug-likeness (QED) is 0.128. The van der Waals surface area contributed by atoms with Crippen molar-refractivity contribution in [3.63, 3.8) is 0 Å². The molecule has 0 amide bonds. The van der Waals surface area contributed by atoms with E-state index in [2.05, 4.69) is 32.0 Å². The monoisotopic (exact) mass is 453 g/mol. The van der Waals surface area contributed by atoms with Crippen molar-refractivity contribution in [1.29, 1.82) is 5.26 Å². The summed E-state index contributed by atoms with van der Waals surface area (Å²) in [7, 11) is 3.11. The molecule has 3 aromatic carbocycles. The molecule has 0 radical (unpaired) electrons. The van der Waals surface area contributed by atoms with Gasteiger partial charge in [0.15, 0.2) is 11.5 Å². The second-order valence-electron chi connectivity index (χ2n) is 7.88. The van der Waals surface area contributed by atoms with E-state index >= 15 is 0 Å². The maximum Gasteiger partial charge on any atom is 0.336 e. The molecule has 0 saturated heterocycles. The lowest BCUT2D eigenvalue weighted by atomic mass is 10.0. The number of benzene rings is 3. The number of nitriles is 1. The van der Waals surface area contributed by atoms with E-state index in [0.717, 1.165) is 11.1 Å². The molecule has 0 fully saturated rings. The first-order valence-corrected chi connectivity index (χ1v) is 10.9. The molecular formula is C29H27NO4. The SMILES string of the molecule is COc1ccc(/C(C#N)=C\c2ccc(OC(=O)/C=C/c3ccc(C(C)C)cc3)cc2)cc1OC. The normalized spacial score (nSPS) is 11.4. The molecule has 0 aromatic heterocycles. The van der Waals surface area contributed by atoms with Gasteiger partial charge in [-0.2, -0.15) is 5.26 Å². The molecule has 3 aromatic rings. The van der Waals surface area contributed by atoms with Gasteiger partial charge in [0.05, 0.1) is 25.9 Å². The van der Waals surface area contributed by atoms with Crippen LogP contribution in [0.5, 0.6) is 17.2 Å². The van der Waals surface area contributed by atoms with Crippen LogP contribution in [0.25, 0.3) is 17.7 Å². The number of rotatable bonds is 8. The zero-order valence-corrected chi connectivity index (χ0v) is 19.7. The van der Waals surface area contributed by atoms with Crippen LogP contribution in [-0.4, -0.2) is 20.2 Å². The lowest BCUT2D eigenvalue weighted by molar-refractivity contribution is -0.128. The van der Waals surface area contributed by atoms with Gasteiger partial charge < -0.3 is 14.2 Å². The van der Waals surface area contributed by atoms with Crippen LogP contribution in [0.1, 0.15) is 42.0 Å². The maximum absolute atomic E-state index is 12.2. The van der Waals surface area contributed by atoms with E-state index in [4.69, 9.17) is 14.2 Å². The molecule has 0 heterocycles. The van der Waals surface area contributed by atoms with Gasteiger partial charge in [0.2, 0.25) is 0 Å². The van der Waals surface area contributed by atoms with E-state index in [9.17, 15) is 10.1 Å². The lowest BCUT2D eigenvalue weighted by Gasteiger charge is -2.09. The van der Waals surface area contributed by atoms with Crippen LogP contribution >= 0.6 is 0 Å². The van der Waals surface area contributed by atoms with Gasteiger partial charge in [-0.1, -0.05) is 50.2 Å². The second kappa shape index (κ2) is 11.5. The highest BCUT2D eigenvalue weighted by Crippen LogP contribution is 2.31. The molecule has 5 heteroatoms. The average molecular weight is 454 g/mol. The van der Waals surface area contributed by atoms with Crippen molar-refractivity contribution in [1.82, 2.24) is 0 Å². The van der Waals surface area contributed by atoms with E-state index in [-0.39, 0.29) is 0 Å².